The van der Waals surface area contributed by atoms with Gasteiger partial charge in [0.1, 0.15) is 0 Å². The third kappa shape index (κ3) is 8.60. The van der Waals surface area contributed by atoms with E-state index in [0.29, 0.717) is 42.6 Å². The zero-order valence-electron chi connectivity index (χ0n) is 15.5. The van der Waals surface area contributed by atoms with Crippen LogP contribution >= 0.6 is 47.2 Å². The molecule has 0 heterocycles. The Morgan fingerprint density at radius 3 is 2.42 bits per heavy atom. The average Bonchev–Trinajstić information content (AvgIpc) is 2.53. The van der Waals surface area contributed by atoms with E-state index in [-0.39, 0.29) is 24.0 Å². The van der Waals surface area contributed by atoms with Gasteiger partial charge in [-0.2, -0.15) is 0 Å². The Balaban J connectivity index is 0.00000625. The Morgan fingerprint density at radius 1 is 1.27 bits per heavy atom. The second-order valence-corrected chi connectivity index (χ2v) is 8.48. The van der Waals surface area contributed by atoms with Gasteiger partial charge in [0.15, 0.2) is 5.96 Å². The number of hydrogen-bond donors (Lipinski definition) is 1. The maximum Gasteiger partial charge on any atom is 0.211 e. The molecule has 1 N–H and O–H groups in total. The van der Waals surface area contributed by atoms with Crippen molar-refractivity contribution >= 4 is 63.2 Å². The highest BCUT2D eigenvalue weighted by Crippen LogP contribution is 2.23. The molecule has 1 aromatic rings. The van der Waals surface area contributed by atoms with E-state index in [0.717, 1.165) is 11.5 Å². The number of guanidine groups is 1. The van der Waals surface area contributed by atoms with Crippen molar-refractivity contribution in [3.05, 3.63) is 33.8 Å². The standard InChI is InChI=1S/C16H26Cl2N4O2S.HI/c1-5-22(25(4,23)24)10-6-9-20-16(19-2)21(3)12-13-7-8-14(17)15(18)11-13;/h7-8,11H,5-6,9-10,12H2,1-4H3,(H,19,20);1H. The first-order chi connectivity index (χ1) is 11.7. The van der Waals surface area contributed by atoms with Gasteiger partial charge in [-0.1, -0.05) is 36.2 Å². The Hall–Kier alpha value is -0.290. The lowest BCUT2D eigenvalue weighted by atomic mass is 10.2. The Bertz CT molecular complexity index is 701. The van der Waals surface area contributed by atoms with E-state index >= 15 is 0 Å². The van der Waals surface area contributed by atoms with Gasteiger partial charge in [0.2, 0.25) is 10.0 Å². The minimum absolute atomic E-state index is 0. The molecule has 0 atom stereocenters. The van der Waals surface area contributed by atoms with Crippen LogP contribution in [-0.2, 0) is 16.6 Å². The van der Waals surface area contributed by atoms with Crippen LogP contribution < -0.4 is 5.32 Å². The van der Waals surface area contributed by atoms with Gasteiger partial charge in [0, 0.05) is 40.3 Å². The molecule has 6 nitrogen and oxygen atoms in total. The van der Waals surface area contributed by atoms with Gasteiger partial charge in [-0.05, 0) is 24.1 Å². The van der Waals surface area contributed by atoms with E-state index < -0.39 is 10.0 Å². The van der Waals surface area contributed by atoms with Crippen molar-refractivity contribution in [1.82, 2.24) is 14.5 Å². The fraction of sp³-hybridized carbons (Fsp3) is 0.562. The number of nitrogens with one attached hydrogen (secondary N) is 1. The Kier molecular flexibility index (Phi) is 12.1. The van der Waals surface area contributed by atoms with Crippen molar-refractivity contribution in [2.24, 2.45) is 4.99 Å². The number of nitrogens with zero attached hydrogens (tertiary/aromatic N) is 3. The van der Waals surface area contributed by atoms with Crippen molar-refractivity contribution in [1.29, 1.82) is 0 Å². The number of sulfonamides is 1. The molecule has 0 radical (unpaired) electrons. The second kappa shape index (κ2) is 12.2. The van der Waals surface area contributed by atoms with Crippen molar-refractivity contribution in [2.45, 2.75) is 19.9 Å². The first-order valence-corrected chi connectivity index (χ1v) is 10.6. The lowest BCUT2D eigenvalue weighted by Crippen LogP contribution is -2.40. The van der Waals surface area contributed by atoms with Crippen LogP contribution in [0.5, 0.6) is 0 Å². The number of halogens is 3. The summed E-state index contributed by atoms with van der Waals surface area (Å²) < 4.78 is 24.6. The normalized spacial score (nSPS) is 12.0. The van der Waals surface area contributed by atoms with Crippen LogP contribution in [-0.4, -0.2) is 63.6 Å². The molecule has 0 unspecified atom stereocenters. The molecule has 150 valence electrons. The van der Waals surface area contributed by atoms with Gasteiger partial charge >= 0.3 is 0 Å². The van der Waals surface area contributed by atoms with Crippen molar-refractivity contribution in [2.75, 3.05) is 40.0 Å². The fourth-order valence-electron chi connectivity index (χ4n) is 2.39. The van der Waals surface area contributed by atoms with Crippen LogP contribution in [0.4, 0.5) is 0 Å². The van der Waals surface area contributed by atoms with Gasteiger partial charge < -0.3 is 10.2 Å². The molecule has 1 rings (SSSR count). The molecule has 0 spiro atoms. The van der Waals surface area contributed by atoms with E-state index in [4.69, 9.17) is 23.2 Å². The SMILES string of the molecule is CCN(CCCNC(=NC)N(C)Cc1ccc(Cl)c(Cl)c1)S(C)(=O)=O.I. The molecule has 0 aliphatic rings. The highest BCUT2D eigenvalue weighted by atomic mass is 127. The van der Waals surface area contributed by atoms with E-state index in [9.17, 15) is 8.42 Å². The molecular weight excluding hydrogens is 510 g/mol. The predicted octanol–water partition coefficient (Wildman–Crippen LogP) is 3.29. The van der Waals surface area contributed by atoms with Gasteiger partial charge in [0.05, 0.1) is 16.3 Å². The molecular formula is C16H27Cl2IN4O2S. The molecule has 0 aromatic heterocycles. The molecule has 0 amide bonds. The molecule has 0 saturated carbocycles. The minimum atomic E-state index is -3.14. The lowest BCUT2D eigenvalue weighted by Gasteiger charge is -2.23. The van der Waals surface area contributed by atoms with E-state index in [1.807, 2.05) is 31.0 Å². The van der Waals surface area contributed by atoms with Crippen LogP contribution in [0.3, 0.4) is 0 Å². The van der Waals surface area contributed by atoms with Crippen LogP contribution in [0, 0.1) is 0 Å². The number of rotatable bonds is 8. The second-order valence-electron chi connectivity index (χ2n) is 5.69. The Labute approximate surface area is 184 Å². The Morgan fingerprint density at radius 2 is 1.92 bits per heavy atom. The summed E-state index contributed by atoms with van der Waals surface area (Å²) in [4.78, 5) is 6.22. The van der Waals surface area contributed by atoms with Gasteiger partial charge in [0.25, 0.3) is 0 Å². The molecule has 10 heteroatoms. The summed E-state index contributed by atoms with van der Waals surface area (Å²) in [6.07, 6.45) is 1.93. The molecule has 0 saturated heterocycles. The highest BCUT2D eigenvalue weighted by Gasteiger charge is 2.13. The fourth-order valence-corrected chi connectivity index (χ4v) is 3.64. The van der Waals surface area contributed by atoms with E-state index in [2.05, 4.69) is 10.3 Å². The monoisotopic (exact) mass is 536 g/mol. The zero-order valence-corrected chi connectivity index (χ0v) is 20.2. The molecule has 0 aliphatic carbocycles. The van der Waals surface area contributed by atoms with Gasteiger partial charge in [-0.25, -0.2) is 12.7 Å². The van der Waals surface area contributed by atoms with Crippen LogP contribution in [0.25, 0.3) is 0 Å². The molecule has 0 fully saturated rings. The summed E-state index contributed by atoms with van der Waals surface area (Å²) >= 11 is 12.0. The van der Waals surface area contributed by atoms with Crippen LogP contribution in [0.1, 0.15) is 18.9 Å². The van der Waals surface area contributed by atoms with E-state index in [1.54, 1.807) is 13.1 Å². The molecule has 26 heavy (non-hydrogen) atoms. The van der Waals surface area contributed by atoms with Gasteiger partial charge in [-0.3, -0.25) is 4.99 Å². The maximum absolute atomic E-state index is 11.6. The quantitative estimate of drug-likeness (QED) is 0.240. The van der Waals surface area contributed by atoms with Crippen LogP contribution in [0.2, 0.25) is 10.0 Å². The minimum Gasteiger partial charge on any atom is -0.356 e. The summed E-state index contributed by atoms with van der Waals surface area (Å²) in [6, 6.07) is 5.52. The van der Waals surface area contributed by atoms with Crippen molar-refractivity contribution in [3.8, 4) is 0 Å². The molecule has 1 aromatic carbocycles. The summed E-state index contributed by atoms with van der Waals surface area (Å²) in [7, 11) is 0.490. The van der Waals surface area contributed by atoms with Gasteiger partial charge in [-0.15, -0.1) is 24.0 Å². The summed E-state index contributed by atoms with van der Waals surface area (Å²) in [6.45, 7) is 4.05. The maximum atomic E-state index is 11.6. The zero-order chi connectivity index (χ0) is 19.0. The van der Waals surface area contributed by atoms with Crippen molar-refractivity contribution in [3.63, 3.8) is 0 Å². The predicted molar refractivity (Wildman–Crippen MR) is 121 cm³/mol. The molecule has 0 bridgehead atoms. The number of hydrogen-bond acceptors (Lipinski definition) is 3. The topological polar surface area (TPSA) is 65.0 Å². The summed E-state index contributed by atoms with van der Waals surface area (Å²) in [5.74, 6) is 0.730. The lowest BCUT2D eigenvalue weighted by molar-refractivity contribution is 0.419. The smallest absolute Gasteiger partial charge is 0.211 e. The molecule has 0 aliphatic heterocycles. The van der Waals surface area contributed by atoms with Crippen LogP contribution in [0.15, 0.2) is 23.2 Å². The average molecular weight is 537 g/mol. The first kappa shape index (κ1) is 25.7. The third-order valence-electron chi connectivity index (χ3n) is 3.67. The number of aliphatic imine (C=N–C) groups is 1. The van der Waals surface area contributed by atoms with E-state index in [1.165, 1.54) is 10.6 Å². The number of benzene rings is 1. The largest absolute Gasteiger partial charge is 0.356 e. The summed E-state index contributed by atoms with van der Waals surface area (Å²) in [5.41, 5.74) is 1.02. The first-order valence-electron chi connectivity index (χ1n) is 7.99. The van der Waals surface area contributed by atoms with Crippen molar-refractivity contribution < 1.29 is 8.42 Å². The summed E-state index contributed by atoms with van der Waals surface area (Å²) in [5, 5.41) is 4.30. The highest BCUT2D eigenvalue weighted by molar-refractivity contribution is 14.0. The third-order valence-corrected chi connectivity index (χ3v) is 5.78.